The van der Waals surface area contributed by atoms with Gasteiger partial charge in [-0.25, -0.2) is 4.98 Å². The number of hydrogen-bond donors (Lipinski definition) is 4. The average molecular weight is 718 g/mol. The number of carbonyl (C=O) groups is 6. The molecule has 1 unspecified atom stereocenters. The summed E-state index contributed by atoms with van der Waals surface area (Å²) >= 11 is 0. The molecular weight excluding hydrogens is 662 g/mol. The van der Waals surface area contributed by atoms with Crippen molar-refractivity contribution in [1.29, 1.82) is 0 Å². The number of rotatable bonds is 14. The standard InChI is InChI=1S/C39H55N7O6/c1-7-14-29(32(47)37(51)42-24(2)26-15-10-8-11-16-26)44-36(50)31-28(27-17-12-9-13-18-27)19-22-46(31)38(52)33(39(4,5)6)45-34(48)25(3)43-35(49)30-23-40-20-21-41-30/h8,10-11,15-16,20-21,23-25,27-29,31,33H,7,9,12-14,17-19,22H2,1-6H3,(H,42,51)(H,43,49)(H,44,50)(H,45,48)/t24-,25-,28+,29?,31-,33+/m0/s1. The van der Waals surface area contributed by atoms with E-state index in [0.29, 0.717) is 19.4 Å². The Morgan fingerprint density at radius 1 is 0.885 bits per heavy atom. The summed E-state index contributed by atoms with van der Waals surface area (Å²) in [5.74, 6) is -3.49. The Bertz CT molecular complexity index is 1560. The molecule has 1 aliphatic carbocycles. The van der Waals surface area contributed by atoms with Gasteiger partial charge in [-0.15, -0.1) is 0 Å². The molecular formula is C39H55N7O6. The van der Waals surface area contributed by atoms with Gasteiger partial charge in [0.25, 0.3) is 11.8 Å². The van der Waals surface area contributed by atoms with Crippen LogP contribution in [-0.4, -0.2) is 80.9 Å². The summed E-state index contributed by atoms with van der Waals surface area (Å²) in [5.41, 5.74) is 0.130. The largest absolute Gasteiger partial charge is 0.344 e. The zero-order valence-corrected chi connectivity index (χ0v) is 31.3. The Kier molecular flexibility index (Phi) is 14.0. The number of hydrogen-bond acceptors (Lipinski definition) is 8. The molecule has 5 amide bonds. The molecule has 0 spiro atoms. The molecule has 1 aromatic carbocycles. The highest BCUT2D eigenvalue weighted by molar-refractivity contribution is 6.38. The lowest BCUT2D eigenvalue weighted by Gasteiger charge is -2.38. The van der Waals surface area contributed by atoms with E-state index in [1.54, 1.807) is 11.8 Å². The van der Waals surface area contributed by atoms with Crippen LogP contribution in [0.2, 0.25) is 0 Å². The molecule has 1 aliphatic heterocycles. The maximum atomic E-state index is 14.5. The summed E-state index contributed by atoms with van der Waals surface area (Å²) in [5, 5.41) is 11.1. The zero-order valence-electron chi connectivity index (χ0n) is 31.3. The number of Topliss-reactive ketones (excluding diaryl/α,β-unsaturated/α-hetero) is 1. The fourth-order valence-electron chi connectivity index (χ4n) is 7.36. The average Bonchev–Trinajstić information content (AvgIpc) is 3.59. The molecule has 2 fully saturated rings. The van der Waals surface area contributed by atoms with Gasteiger partial charge in [0.15, 0.2) is 0 Å². The second kappa shape index (κ2) is 18.2. The number of amides is 5. The van der Waals surface area contributed by atoms with E-state index in [1.165, 1.54) is 25.5 Å². The normalized spacial score (nSPS) is 20.2. The molecule has 0 radical (unpaired) electrons. The van der Waals surface area contributed by atoms with E-state index < -0.39 is 70.9 Å². The van der Waals surface area contributed by atoms with Crippen LogP contribution >= 0.6 is 0 Å². The minimum Gasteiger partial charge on any atom is -0.344 e. The van der Waals surface area contributed by atoms with Crippen molar-refractivity contribution in [3.8, 4) is 0 Å². The van der Waals surface area contributed by atoms with Crippen LogP contribution in [0.4, 0.5) is 0 Å². The highest BCUT2D eigenvalue weighted by Gasteiger charge is 2.49. The predicted molar refractivity (Wildman–Crippen MR) is 195 cm³/mol. The summed E-state index contributed by atoms with van der Waals surface area (Å²) in [6, 6.07) is 4.90. The first-order valence-electron chi connectivity index (χ1n) is 18.6. The van der Waals surface area contributed by atoms with Gasteiger partial charge in [-0.1, -0.05) is 96.6 Å². The highest BCUT2D eigenvalue weighted by Crippen LogP contribution is 2.40. The Balaban J connectivity index is 1.54. The first-order valence-corrected chi connectivity index (χ1v) is 18.6. The van der Waals surface area contributed by atoms with Crippen molar-refractivity contribution in [3.63, 3.8) is 0 Å². The van der Waals surface area contributed by atoms with Crippen LogP contribution in [0.3, 0.4) is 0 Å². The van der Waals surface area contributed by atoms with Gasteiger partial charge >= 0.3 is 0 Å². The third-order valence-corrected chi connectivity index (χ3v) is 10.3. The van der Waals surface area contributed by atoms with Gasteiger partial charge in [-0.05, 0) is 49.5 Å². The Labute approximate surface area is 306 Å². The maximum absolute atomic E-state index is 14.5. The van der Waals surface area contributed by atoms with E-state index in [1.807, 2.05) is 58.0 Å². The van der Waals surface area contributed by atoms with Gasteiger partial charge in [0, 0.05) is 18.9 Å². The number of benzene rings is 1. The van der Waals surface area contributed by atoms with Crippen molar-refractivity contribution in [3.05, 3.63) is 60.2 Å². The number of ketones is 1. The number of likely N-dealkylation sites (tertiary alicyclic amines) is 1. The van der Waals surface area contributed by atoms with Crippen molar-refractivity contribution in [1.82, 2.24) is 36.1 Å². The molecule has 6 atom stereocenters. The molecule has 13 nitrogen and oxygen atoms in total. The molecule has 1 aromatic heterocycles. The Morgan fingerprint density at radius 2 is 1.58 bits per heavy atom. The molecule has 0 bridgehead atoms. The van der Waals surface area contributed by atoms with Gasteiger partial charge in [-0.2, -0.15) is 0 Å². The molecule has 1 saturated heterocycles. The molecule has 282 valence electrons. The van der Waals surface area contributed by atoms with Crippen molar-refractivity contribution in [2.24, 2.45) is 17.3 Å². The summed E-state index contributed by atoms with van der Waals surface area (Å²) in [6.45, 7) is 11.0. The van der Waals surface area contributed by atoms with E-state index in [2.05, 4.69) is 31.2 Å². The summed E-state index contributed by atoms with van der Waals surface area (Å²) in [7, 11) is 0. The molecule has 2 heterocycles. The highest BCUT2D eigenvalue weighted by atomic mass is 16.2. The van der Waals surface area contributed by atoms with Crippen LogP contribution in [-0.2, 0) is 24.0 Å². The second-order valence-electron chi connectivity index (χ2n) is 15.2. The Morgan fingerprint density at radius 3 is 2.19 bits per heavy atom. The first kappa shape index (κ1) is 40.1. The third-order valence-electron chi connectivity index (χ3n) is 10.3. The first-order chi connectivity index (χ1) is 24.7. The molecule has 52 heavy (non-hydrogen) atoms. The summed E-state index contributed by atoms with van der Waals surface area (Å²) < 4.78 is 0. The topological polar surface area (TPSA) is 180 Å². The SMILES string of the molecule is CCCC(NC(=O)[C@@H]1[C@@H](C2CCCCC2)CCN1C(=O)[C@@H](NC(=O)[C@H](C)NC(=O)c1cnccn1)C(C)(C)C)C(=O)C(=O)N[C@@H](C)c1ccccc1. The number of carbonyl (C=O) groups excluding carboxylic acids is 6. The van der Waals surface area contributed by atoms with Gasteiger partial charge in [-0.3, -0.25) is 33.8 Å². The van der Waals surface area contributed by atoms with E-state index in [0.717, 1.165) is 37.7 Å². The lowest BCUT2D eigenvalue weighted by atomic mass is 9.76. The van der Waals surface area contributed by atoms with Crippen LogP contribution < -0.4 is 21.3 Å². The quantitative estimate of drug-likeness (QED) is 0.214. The molecule has 2 aromatic rings. The Hall–Kier alpha value is -4.68. The molecule has 1 saturated carbocycles. The summed E-state index contributed by atoms with van der Waals surface area (Å²) in [6.07, 6.45) is 10.6. The van der Waals surface area contributed by atoms with Crippen molar-refractivity contribution >= 4 is 35.3 Å². The number of nitrogens with zero attached hydrogens (tertiary/aromatic N) is 3. The lowest BCUT2D eigenvalue weighted by Crippen LogP contribution is -2.61. The van der Waals surface area contributed by atoms with Crippen molar-refractivity contribution in [2.45, 2.75) is 123 Å². The van der Waals surface area contributed by atoms with Crippen LogP contribution in [0.25, 0.3) is 0 Å². The van der Waals surface area contributed by atoms with Crippen molar-refractivity contribution < 1.29 is 28.8 Å². The van der Waals surface area contributed by atoms with Crippen molar-refractivity contribution in [2.75, 3.05) is 6.54 Å². The van der Waals surface area contributed by atoms with Gasteiger partial charge in [0.05, 0.1) is 18.3 Å². The molecule has 4 N–H and O–H groups in total. The fraction of sp³-hybridized carbons (Fsp3) is 0.590. The molecule has 2 aliphatic rings. The second-order valence-corrected chi connectivity index (χ2v) is 15.2. The smallest absolute Gasteiger partial charge is 0.290 e. The van der Waals surface area contributed by atoms with Crippen LogP contribution in [0, 0.1) is 17.3 Å². The fourth-order valence-corrected chi connectivity index (χ4v) is 7.36. The maximum Gasteiger partial charge on any atom is 0.290 e. The number of aromatic nitrogens is 2. The van der Waals surface area contributed by atoms with Crippen LogP contribution in [0.5, 0.6) is 0 Å². The van der Waals surface area contributed by atoms with E-state index in [9.17, 15) is 28.8 Å². The zero-order chi connectivity index (χ0) is 38.0. The van der Waals surface area contributed by atoms with E-state index >= 15 is 0 Å². The van der Waals surface area contributed by atoms with E-state index in [-0.39, 0.29) is 24.0 Å². The minimum absolute atomic E-state index is 0.0494. The van der Waals surface area contributed by atoms with Gasteiger partial charge in [0.1, 0.15) is 23.8 Å². The molecule has 4 rings (SSSR count). The monoisotopic (exact) mass is 717 g/mol. The lowest BCUT2D eigenvalue weighted by molar-refractivity contribution is -0.146. The van der Waals surface area contributed by atoms with Gasteiger partial charge < -0.3 is 26.2 Å². The van der Waals surface area contributed by atoms with Gasteiger partial charge in [0.2, 0.25) is 23.5 Å². The number of nitrogens with one attached hydrogen (secondary N) is 4. The predicted octanol–water partition coefficient (Wildman–Crippen LogP) is 3.65. The summed E-state index contributed by atoms with van der Waals surface area (Å²) in [4.78, 5) is 91.2. The van der Waals surface area contributed by atoms with Crippen LogP contribution in [0.15, 0.2) is 48.9 Å². The third kappa shape index (κ3) is 10.2. The molecule has 13 heteroatoms. The van der Waals surface area contributed by atoms with Crippen LogP contribution in [0.1, 0.15) is 115 Å². The van der Waals surface area contributed by atoms with E-state index in [4.69, 9.17) is 0 Å². The minimum atomic E-state index is -1.07.